The van der Waals surface area contributed by atoms with Gasteiger partial charge in [-0.2, -0.15) is 0 Å². The number of carbonyl (C=O) groups is 2. The Morgan fingerprint density at radius 2 is 1.73 bits per heavy atom. The lowest BCUT2D eigenvalue weighted by molar-refractivity contribution is -0.143. The van der Waals surface area contributed by atoms with Crippen LogP contribution < -0.4 is 0 Å². The Kier molecular flexibility index (Phi) is 6.65. The molecule has 1 aromatic carbocycles. The van der Waals surface area contributed by atoms with E-state index in [4.69, 9.17) is 9.47 Å². The van der Waals surface area contributed by atoms with Crippen LogP contribution in [0.25, 0.3) is 10.9 Å². The van der Waals surface area contributed by atoms with Crippen molar-refractivity contribution in [2.45, 2.75) is 37.5 Å². The fraction of sp³-hybridized carbons (Fsp3) is 0.545. The fourth-order valence-corrected chi connectivity index (χ4v) is 5.12. The summed E-state index contributed by atoms with van der Waals surface area (Å²) in [6, 6.07) is 8.06. The van der Waals surface area contributed by atoms with Crippen LogP contribution in [0.1, 0.15) is 13.8 Å². The minimum Gasteiger partial charge on any atom is -0.378 e. The Labute approximate surface area is 181 Å². The van der Waals surface area contributed by atoms with Crippen LogP contribution in [-0.4, -0.2) is 83.5 Å². The van der Waals surface area contributed by atoms with E-state index in [2.05, 4.69) is 6.07 Å². The van der Waals surface area contributed by atoms with Crippen LogP contribution in [0.5, 0.6) is 0 Å². The van der Waals surface area contributed by atoms with Crippen LogP contribution in [0.3, 0.4) is 0 Å². The molecule has 0 radical (unpaired) electrons. The molecule has 8 heteroatoms. The molecule has 3 heterocycles. The molecule has 2 aromatic rings. The van der Waals surface area contributed by atoms with E-state index in [1.807, 2.05) is 52.6 Å². The third-order valence-electron chi connectivity index (χ3n) is 5.54. The predicted molar refractivity (Wildman–Crippen MR) is 117 cm³/mol. The highest BCUT2D eigenvalue weighted by Crippen LogP contribution is 2.30. The third-order valence-corrected chi connectivity index (χ3v) is 6.57. The van der Waals surface area contributed by atoms with Crippen molar-refractivity contribution in [2.75, 3.05) is 45.1 Å². The molecule has 2 saturated heterocycles. The second-order valence-corrected chi connectivity index (χ2v) is 8.99. The number of amides is 2. The van der Waals surface area contributed by atoms with Crippen molar-refractivity contribution >= 4 is 34.5 Å². The number of hydrogen-bond acceptors (Lipinski definition) is 5. The SMILES string of the molecule is C[C@H]1CN(C(=O)Cn2cc(SCC(=O)N3CCOCC3)c3ccccc32)C[C@H](C)O1. The summed E-state index contributed by atoms with van der Waals surface area (Å²) in [6.45, 7) is 8.07. The first-order chi connectivity index (χ1) is 14.5. The Bertz CT molecular complexity index is 899. The van der Waals surface area contributed by atoms with Crippen LogP contribution in [0.4, 0.5) is 0 Å². The van der Waals surface area contributed by atoms with E-state index in [1.165, 1.54) is 11.8 Å². The molecule has 2 fully saturated rings. The summed E-state index contributed by atoms with van der Waals surface area (Å²) in [6.07, 6.45) is 2.11. The molecule has 0 aliphatic carbocycles. The zero-order valence-electron chi connectivity index (χ0n) is 17.6. The van der Waals surface area contributed by atoms with Crippen LogP contribution in [0, 0.1) is 0 Å². The summed E-state index contributed by atoms with van der Waals surface area (Å²) in [5, 5.41) is 1.08. The number of para-hydroxylation sites is 1. The molecule has 0 bridgehead atoms. The molecule has 1 aromatic heterocycles. The fourth-order valence-electron chi connectivity index (χ4n) is 4.13. The Balaban J connectivity index is 1.46. The molecular weight excluding hydrogens is 402 g/mol. The van der Waals surface area contributed by atoms with Crippen LogP contribution in [0.2, 0.25) is 0 Å². The van der Waals surface area contributed by atoms with Gasteiger partial charge in [-0.3, -0.25) is 9.59 Å². The first-order valence-corrected chi connectivity index (χ1v) is 11.5. The first kappa shape index (κ1) is 21.2. The molecule has 2 aliphatic heterocycles. The van der Waals surface area contributed by atoms with Gasteiger partial charge in [-0.15, -0.1) is 11.8 Å². The first-order valence-electron chi connectivity index (χ1n) is 10.5. The lowest BCUT2D eigenvalue weighted by Crippen LogP contribution is -2.49. The summed E-state index contributed by atoms with van der Waals surface area (Å²) in [7, 11) is 0. The van der Waals surface area contributed by atoms with Gasteiger partial charge in [0.25, 0.3) is 0 Å². The number of aromatic nitrogens is 1. The number of rotatable bonds is 5. The van der Waals surface area contributed by atoms with Crippen molar-refractivity contribution in [2.24, 2.45) is 0 Å². The van der Waals surface area contributed by atoms with E-state index in [-0.39, 0.29) is 30.6 Å². The molecule has 30 heavy (non-hydrogen) atoms. The van der Waals surface area contributed by atoms with Crippen LogP contribution in [-0.2, 0) is 25.6 Å². The number of ether oxygens (including phenoxy) is 2. The summed E-state index contributed by atoms with van der Waals surface area (Å²) in [4.78, 5) is 30.3. The van der Waals surface area contributed by atoms with Crippen molar-refractivity contribution in [1.29, 1.82) is 0 Å². The molecule has 2 atom stereocenters. The zero-order valence-corrected chi connectivity index (χ0v) is 18.4. The lowest BCUT2D eigenvalue weighted by Gasteiger charge is -2.35. The third kappa shape index (κ3) is 4.82. The van der Waals surface area contributed by atoms with Gasteiger partial charge < -0.3 is 23.8 Å². The van der Waals surface area contributed by atoms with Gasteiger partial charge in [-0.25, -0.2) is 0 Å². The maximum atomic E-state index is 13.0. The number of thioether (sulfide) groups is 1. The maximum absolute atomic E-state index is 13.0. The van der Waals surface area contributed by atoms with E-state index in [9.17, 15) is 9.59 Å². The van der Waals surface area contributed by atoms with Crippen molar-refractivity contribution < 1.29 is 19.1 Å². The predicted octanol–water partition coefficient (Wildman–Crippen LogP) is 2.23. The van der Waals surface area contributed by atoms with E-state index in [0.717, 1.165) is 15.8 Å². The highest BCUT2D eigenvalue weighted by molar-refractivity contribution is 8.00. The number of nitrogens with zero attached hydrogens (tertiary/aromatic N) is 3. The highest BCUT2D eigenvalue weighted by atomic mass is 32.2. The summed E-state index contributed by atoms with van der Waals surface area (Å²) in [5.41, 5.74) is 1.02. The minimum atomic E-state index is 0.0522. The van der Waals surface area contributed by atoms with E-state index >= 15 is 0 Å². The van der Waals surface area contributed by atoms with Crippen molar-refractivity contribution in [3.63, 3.8) is 0 Å². The molecular formula is C22H29N3O4S. The summed E-state index contributed by atoms with van der Waals surface area (Å²) in [5.74, 6) is 0.617. The standard InChI is InChI=1S/C22H29N3O4S/c1-16-11-25(12-17(2)29-16)21(26)14-24-13-20(18-5-3-4-6-19(18)24)30-15-22(27)23-7-9-28-10-8-23/h3-6,13,16-17H,7-12,14-15H2,1-2H3/t16-,17-/m0/s1. The lowest BCUT2D eigenvalue weighted by atomic mass is 10.2. The zero-order chi connectivity index (χ0) is 21.1. The average molecular weight is 432 g/mol. The van der Waals surface area contributed by atoms with Gasteiger partial charge in [-0.1, -0.05) is 18.2 Å². The van der Waals surface area contributed by atoms with Gasteiger partial charge in [0.15, 0.2) is 0 Å². The van der Waals surface area contributed by atoms with E-state index in [1.54, 1.807) is 0 Å². The molecule has 0 saturated carbocycles. The van der Waals surface area contributed by atoms with Gasteiger partial charge in [0.1, 0.15) is 6.54 Å². The summed E-state index contributed by atoms with van der Waals surface area (Å²) < 4.78 is 13.1. The minimum absolute atomic E-state index is 0.0522. The van der Waals surface area contributed by atoms with Crippen LogP contribution in [0.15, 0.2) is 35.4 Å². The molecule has 0 spiro atoms. The number of benzene rings is 1. The largest absolute Gasteiger partial charge is 0.378 e. The van der Waals surface area contributed by atoms with Gasteiger partial charge in [0, 0.05) is 48.2 Å². The normalized spacial score (nSPS) is 22.5. The maximum Gasteiger partial charge on any atom is 0.242 e. The summed E-state index contributed by atoms with van der Waals surface area (Å²) >= 11 is 1.54. The second kappa shape index (κ2) is 9.41. The molecule has 0 N–H and O–H groups in total. The molecule has 2 amide bonds. The molecule has 4 rings (SSSR count). The Morgan fingerprint density at radius 3 is 2.47 bits per heavy atom. The Morgan fingerprint density at radius 1 is 1.03 bits per heavy atom. The van der Waals surface area contributed by atoms with Crippen LogP contribution >= 0.6 is 11.8 Å². The number of hydrogen-bond donors (Lipinski definition) is 0. The molecule has 162 valence electrons. The molecule has 7 nitrogen and oxygen atoms in total. The van der Waals surface area contributed by atoms with Crippen molar-refractivity contribution in [3.05, 3.63) is 30.5 Å². The van der Waals surface area contributed by atoms with Crippen molar-refractivity contribution in [3.8, 4) is 0 Å². The van der Waals surface area contributed by atoms with E-state index < -0.39 is 0 Å². The van der Waals surface area contributed by atoms with Gasteiger partial charge in [-0.05, 0) is 19.9 Å². The number of morpholine rings is 2. The van der Waals surface area contributed by atoms with Gasteiger partial charge in [0.05, 0.1) is 31.2 Å². The second-order valence-electron chi connectivity index (χ2n) is 7.98. The monoisotopic (exact) mass is 431 g/mol. The smallest absolute Gasteiger partial charge is 0.242 e. The van der Waals surface area contributed by atoms with Crippen molar-refractivity contribution in [1.82, 2.24) is 14.4 Å². The van der Waals surface area contributed by atoms with Gasteiger partial charge in [0.2, 0.25) is 11.8 Å². The number of carbonyl (C=O) groups excluding carboxylic acids is 2. The molecule has 2 aliphatic rings. The van der Waals surface area contributed by atoms with E-state index in [0.29, 0.717) is 45.1 Å². The average Bonchev–Trinajstić information content (AvgIpc) is 3.09. The quantitative estimate of drug-likeness (QED) is 0.680. The topological polar surface area (TPSA) is 64.0 Å². The Hall–Kier alpha value is -2.03. The number of fused-ring (bicyclic) bond motifs is 1. The highest BCUT2D eigenvalue weighted by Gasteiger charge is 2.26. The van der Waals surface area contributed by atoms with Gasteiger partial charge >= 0.3 is 0 Å². The molecule has 0 unspecified atom stereocenters.